The summed E-state index contributed by atoms with van der Waals surface area (Å²) < 4.78 is 0. The van der Waals surface area contributed by atoms with Crippen LogP contribution in [0.15, 0.2) is 66.7 Å². The number of likely N-dealkylation sites (tertiary alicyclic amines) is 1. The van der Waals surface area contributed by atoms with Gasteiger partial charge in [0, 0.05) is 0 Å². The van der Waals surface area contributed by atoms with Crippen LogP contribution in [0.3, 0.4) is 0 Å². The van der Waals surface area contributed by atoms with Gasteiger partial charge in [-0.15, -0.1) is 0 Å². The number of rotatable bonds is 4. The molecule has 0 unspecified atom stereocenters. The van der Waals surface area contributed by atoms with Crippen molar-refractivity contribution in [2.45, 2.75) is 19.3 Å². The fourth-order valence-electron chi connectivity index (χ4n) is 3.22. The number of benzene rings is 2. The van der Waals surface area contributed by atoms with Gasteiger partial charge in [-0.25, -0.2) is 0 Å². The predicted molar refractivity (Wildman–Crippen MR) is 94.8 cm³/mol. The molecule has 1 nitrogen and oxygen atoms in total. The minimum absolute atomic E-state index is 0.832. The Morgan fingerprint density at radius 1 is 0.909 bits per heavy atom. The van der Waals surface area contributed by atoms with E-state index in [1.807, 2.05) is 0 Å². The fraction of sp³-hybridized carbons (Fsp3) is 0.333. The van der Waals surface area contributed by atoms with Gasteiger partial charge in [0.05, 0.1) is 0 Å². The van der Waals surface area contributed by atoms with E-state index in [0.29, 0.717) is 0 Å². The summed E-state index contributed by atoms with van der Waals surface area (Å²) in [5.41, 5.74) is 4.02. The third-order valence-electron chi connectivity index (χ3n) is 4.66. The molecule has 2 aromatic rings. The lowest BCUT2D eigenvalue weighted by molar-refractivity contribution is 0.221. The van der Waals surface area contributed by atoms with Crippen LogP contribution < -0.4 is 0 Å². The lowest BCUT2D eigenvalue weighted by Crippen LogP contribution is -2.29. The molecule has 114 valence electrons. The van der Waals surface area contributed by atoms with E-state index in [1.54, 1.807) is 0 Å². The van der Waals surface area contributed by atoms with Crippen LogP contribution in [0.25, 0.3) is 5.57 Å². The fourth-order valence-corrected chi connectivity index (χ4v) is 3.22. The SMILES string of the molecule is CN1CCC(CC=C(c2ccccc2)c2ccccc2)CC1. The van der Waals surface area contributed by atoms with Crippen molar-refractivity contribution in [1.82, 2.24) is 4.90 Å². The number of allylic oxidation sites excluding steroid dienone is 1. The van der Waals surface area contributed by atoms with Crippen LogP contribution in [-0.2, 0) is 0 Å². The topological polar surface area (TPSA) is 3.24 Å². The van der Waals surface area contributed by atoms with Crippen LogP contribution in [0.4, 0.5) is 0 Å². The zero-order valence-electron chi connectivity index (χ0n) is 13.4. The van der Waals surface area contributed by atoms with Gasteiger partial charge in [0.2, 0.25) is 0 Å². The van der Waals surface area contributed by atoms with Gasteiger partial charge in [-0.3, -0.25) is 0 Å². The van der Waals surface area contributed by atoms with Gasteiger partial charge in [0.15, 0.2) is 0 Å². The highest BCUT2D eigenvalue weighted by Gasteiger charge is 2.16. The third kappa shape index (κ3) is 3.86. The summed E-state index contributed by atoms with van der Waals surface area (Å²) in [5, 5.41) is 0. The van der Waals surface area contributed by atoms with Crippen LogP contribution in [0.2, 0.25) is 0 Å². The van der Waals surface area contributed by atoms with E-state index >= 15 is 0 Å². The second kappa shape index (κ2) is 7.42. The van der Waals surface area contributed by atoms with Gasteiger partial charge in [0.25, 0.3) is 0 Å². The highest BCUT2D eigenvalue weighted by Crippen LogP contribution is 2.27. The van der Waals surface area contributed by atoms with E-state index in [2.05, 4.69) is 78.7 Å². The van der Waals surface area contributed by atoms with E-state index in [0.717, 1.165) is 5.92 Å². The predicted octanol–water partition coefficient (Wildman–Crippen LogP) is 4.85. The molecule has 1 aliphatic rings. The Morgan fingerprint density at radius 2 is 1.41 bits per heavy atom. The first-order valence-corrected chi connectivity index (χ1v) is 8.32. The Kier molecular flexibility index (Phi) is 5.07. The summed E-state index contributed by atoms with van der Waals surface area (Å²) in [4.78, 5) is 2.44. The van der Waals surface area contributed by atoms with E-state index in [1.165, 1.54) is 49.1 Å². The van der Waals surface area contributed by atoms with Crippen molar-refractivity contribution in [3.63, 3.8) is 0 Å². The van der Waals surface area contributed by atoms with Gasteiger partial charge < -0.3 is 4.90 Å². The molecule has 0 bridgehead atoms. The van der Waals surface area contributed by atoms with E-state index in [4.69, 9.17) is 0 Å². The summed E-state index contributed by atoms with van der Waals surface area (Å²) in [6.07, 6.45) is 6.29. The molecule has 0 aromatic heterocycles. The Hall–Kier alpha value is -1.86. The molecule has 22 heavy (non-hydrogen) atoms. The summed E-state index contributed by atoms with van der Waals surface area (Å²) in [7, 11) is 2.23. The van der Waals surface area contributed by atoms with E-state index in [9.17, 15) is 0 Å². The molecule has 0 N–H and O–H groups in total. The number of hydrogen-bond donors (Lipinski definition) is 0. The molecule has 2 aromatic carbocycles. The molecule has 0 atom stereocenters. The van der Waals surface area contributed by atoms with Crippen molar-refractivity contribution in [1.29, 1.82) is 0 Å². The van der Waals surface area contributed by atoms with Crippen molar-refractivity contribution in [3.8, 4) is 0 Å². The second-order valence-electron chi connectivity index (χ2n) is 6.33. The monoisotopic (exact) mass is 291 g/mol. The molecule has 0 aliphatic carbocycles. The second-order valence-corrected chi connectivity index (χ2v) is 6.33. The van der Waals surface area contributed by atoms with Crippen LogP contribution in [-0.4, -0.2) is 25.0 Å². The molecular weight excluding hydrogens is 266 g/mol. The molecule has 1 heterocycles. The maximum atomic E-state index is 2.46. The van der Waals surface area contributed by atoms with Crippen molar-refractivity contribution in [2.24, 2.45) is 5.92 Å². The molecule has 1 aliphatic heterocycles. The molecular formula is C21H25N. The maximum absolute atomic E-state index is 2.46. The molecule has 0 saturated carbocycles. The summed E-state index contributed by atoms with van der Waals surface area (Å²) >= 11 is 0. The van der Waals surface area contributed by atoms with Crippen LogP contribution >= 0.6 is 0 Å². The Bertz CT molecular complexity index is 551. The van der Waals surface area contributed by atoms with Crippen molar-refractivity contribution in [3.05, 3.63) is 77.9 Å². The first-order valence-electron chi connectivity index (χ1n) is 8.32. The summed E-state index contributed by atoms with van der Waals surface area (Å²) in [6, 6.07) is 21.5. The molecule has 0 amide bonds. The molecule has 1 fully saturated rings. The Morgan fingerprint density at radius 3 is 1.91 bits per heavy atom. The molecule has 0 radical (unpaired) electrons. The minimum Gasteiger partial charge on any atom is -0.306 e. The lowest BCUT2D eigenvalue weighted by atomic mass is 9.90. The standard InChI is InChI=1S/C21H25N/c1-22-16-14-18(15-17-22)12-13-21(19-8-4-2-5-9-19)20-10-6-3-7-11-20/h2-11,13,18H,12,14-17H2,1H3. The first-order chi connectivity index (χ1) is 10.8. The molecule has 3 rings (SSSR count). The Labute approximate surface area is 134 Å². The third-order valence-corrected chi connectivity index (χ3v) is 4.66. The Balaban J connectivity index is 1.81. The first kappa shape index (κ1) is 15.1. The van der Waals surface area contributed by atoms with Crippen molar-refractivity contribution < 1.29 is 0 Å². The highest BCUT2D eigenvalue weighted by atomic mass is 15.1. The average molecular weight is 291 g/mol. The molecule has 0 spiro atoms. The minimum atomic E-state index is 0.832. The normalized spacial score (nSPS) is 16.4. The average Bonchev–Trinajstić information content (AvgIpc) is 2.59. The van der Waals surface area contributed by atoms with E-state index < -0.39 is 0 Å². The van der Waals surface area contributed by atoms with Gasteiger partial charge in [-0.2, -0.15) is 0 Å². The lowest BCUT2D eigenvalue weighted by Gasteiger charge is -2.28. The van der Waals surface area contributed by atoms with E-state index in [-0.39, 0.29) is 0 Å². The van der Waals surface area contributed by atoms with Gasteiger partial charge >= 0.3 is 0 Å². The number of hydrogen-bond acceptors (Lipinski definition) is 1. The van der Waals surface area contributed by atoms with Crippen LogP contribution in [0.1, 0.15) is 30.4 Å². The summed E-state index contributed by atoms with van der Waals surface area (Å²) in [5.74, 6) is 0.832. The smallest absolute Gasteiger partial charge is 0.00190 e. The quantitative estimate of drug-likeness (QED) is 0.778. The highest BCUT2D eigenvalue weighted by molar-refractivity contribution is 5.79. The van der Waals surface area contributed by atoms with Gasteiger partial charge in [0.1, 0.15) is 0 Å². The van der Waals surface area contributed by atoms with Crippen molar-refractivity contribution in [2.75, 3.05) is 20.1 Å². The van der Waals surface area contributed by atoms with Gasteiger partial charge in [-0.1, -0.05) is 66.7 Å². The van der Waals surface area contributed by atoms with Crippen LogP contribution in [0.5, 0.6) is 0 Å². The molecule has 1 saturated heterocycles. The molecule has 1 heteroatoms. The van der Waals surface area contributed by atoms with Gasteiger partial charge in [-0.05, 0) is 62.0 Å². The number of piperidine rings is 1. The zero-order valence-corrected chi connectivity index (χ0v) is 13.4. The van der Waals surface area contributed by atoms with Crippen molar-refractivity contribution >= 4 is 5.57 Å². The number of nitrogens with zero attached hydrogens (tertiary/aromatic N) is 1. The largest absolute Gasteiger partial charge is 0.306 e. The maximum Gasteiger partial charge on any atom is -0.00190 e. The summed E-state index contributed by atoms with van der Waals surface area (Å²) in [6.45, 7) is 2.48. The van der Waals surface area contributed by atoms with Crippen LogP contribution in [0, 0.1) is 5.92 Å². The zero-order chi connectivity index (χ0) is 15.2.